The van der Waals surface area contributed by atoms with Crippen LogP contribution >= 0.6 is 11.6 Å². The van der Waals surface area contributed by atoms with Crippen LogP contribution in [0, 0.1) is 5.82 Å². The molecule has 3 nitrogen and oxygen atoms in total. The smallest absolute Gasteiger partial charge is 0.319 e. The summed E-state index contributed by atoms with van der Waals surface area (Å²) in [6.07, 6.45) is 0. The zero-order valence-electron chi connectivity index (χ0n) is 10.9. The third-order valence-electron chi connectivity index (χ3n) is 2.84. The Morgan fingerprint density at radius 3 is 2.45 bits per heavy atom. The molecule has 0 aliphatic rings. The molecule has 0 bridgehead atoms. The van der Waals surface area contributed by atoms with Crippen molar-refractivity contribution in [2.75, 3.05) is 5.32 Å². The first-order chi connectivity index (χ1) is 9.56. The second-order valence-electron chi connectivity index (χ2n) is 4.35. The van der Waals surface area contributed by atoms with Gasteiger partial charge < -0.3 is 10.6 Å². The lowest BCUT2D eigenvalue weighted by molar-refractivity contribution is 0.249. The minimum absolute atomic E-state index is 0.238. The van der Waals surface area contributed by atoms with Crippen LogP contribution in [0.2, 0.25) is 5.02 Å². The fourth-order valence-corrected chi connectivity index (χ4v) is 1.94. The number of benzene rings is 2. The molecule has 104 valence electrons. The van der Waals surface area contributed by atoms with Crippen LogP contribution in [0.4, 0.5) is 14.9 Å². The second kappa shape index (κ2) is 6.39. The summed E-state index contributed by atoms with van der Waals surface area (Å²) in [4.78, 5) is 11.9. The van der Waals surface area contributed by atoms with E-state index in [0.29, 0.717) is 10.7 Å². The van der Waals surface area contributed by atoms with Crippen LogP contribution in [0.3, 0.4) is 0 Å². The Morgan fingerprint density at radius 1 is 1.15 bits per heavy atom. The molecular weight excluding hydrogens is 279 g/mol. The highest BCUT2D eigenvalue weighted by Gasteiger charge is 2.10. The molecule has 2 aromatic carbocycles. The average Bonchev–Trinajstić information content (AvgIpc) is 2.42. The Bertz CT molecular complexity index is 601. The van der Waals surface area contributed by atoms with Crippen molar-refractivity contribution >= 4 is 23.3 Å². The normalized spacial score (nSPS) is 11.8. The third kappa shape index (κ3) is 3.71. The van der Waals surface area contributed by atoms with Crippen LogP contribution in [0.5, 0.6) is 0 Å². The van der Waals surface area contributed by atoms with E-state index in [-0.39, 0.29) is 17.9 Å². The number of hydrogen-bond acceptors (Lipinski definition) is 1. The van der Waals surface area contributed by atoms with Gasteiger partial charge in [-0.2, -0.15) is 0 Å². The van der Waals surface area contributed by atoms with E-state index in [4.69, 9.17) is 11.6 Å². The zero-order chi connectivity index (χ0) is 14.5. The first kappa shape index (κ1) is 14.3. The second-order valence-corrected chi connectivity index (χ2v) is 4.76. The maximum absolute atomic E-state index is 12.8. The molecule has 0 saturated heterocycles. The summed E-state index contributed by atoms with van der Waals surface area (Å²) in [6.45, 7) is 1.82. The summed E-state index contributed by atoms with van der Waals surface area (Å²) in [6, 6.07) is 12.4. The number of para-hydroxylation sites is 1. The van der Waals surface area contributed by atoms with Gasteiger partial charge in [0, 0.05) is 0 Å². The topological polar surface area (TPSA) is 41.1 Å². The molecule has 0 aliphatic heterocycles. The molecule has 5 heteroatoms. The van der Waals surface area contributed by atoms with Gasteiger partial charge in [-0.05, 0) is 36.8 Å². The molecule has 0 radical (unpaired) electrons. The lowest BCUT2D eigenvalue weighted by Crippen LogP contribution is -2.31. The number of nitrogens with one attached hydrogen (secondary N) is 2. The zero-order valence-corrected chi connectivity index (χ0v) is 11.6. The molecule has 0 saturated carbocycles. The van der Waals surface area contributed by atoms with Crippen LogP contribution in [0.1, 0.15) is 18.5 Å². The van der Waals surface area contributed by atoms with Gasteiger partial charge in [-0.25, -0.2) is 9.18 Å². The third-order valence-corrected chi connectivity index (χ3v) is 3.17. The highest BCUT2D eigenvalue weighted by atomic mass is 35.5. The van der Waals surface area contributed by atoms with E-state index in [2.05, 4.69) is 10.6 Å². The molecular formula is C15H14ClFN2O. The van der Waals surface area contributed by atoms with Crippen LogP contribution in [0.15, 0.2) is 48.5 Å². The van der Waals surface area contributed by atoms with E-state index in [1.165, 1.54) is 12.1 Å². The number of urea groups is 1. The Kier molecular flexibility index (Phi) is 4.58. The van der Waals surface area contributed by atoms with E-state index in [1.807, 2.05) is 6.92 Å². The summed E-state index contributed by atoms with van der Waals surface area (Å²) >= 11 is 5.96. The van der Waals surface area contributed by atoms with Crippen molar-refractivity contribution in [2.24, 2.45) is 0 Å². The van der Waals surface area contributed by atoms with Crippen LogP contribution < -0.4 is 10.6 Å². The lowest BCUT2D eigenvalue weighted by Gasteiger charge is -2.15. The maximum Gasteiger partial charge on any atom is 0.319 e. The van der Waals surface area contributed by atoms with Crippen molar-refractivity contribution in [1.29, 1.82) is 0 Å². The summed E-state index contributed by atoms with van der Waals surface area (Å²) in [5.74, 6) is -0.304. The highest BCUT2D eigenvalue weighted by molar-refractivity contribution is 6.33. The summed E-state index contributed by atoms with van der Waals surface area (Å²) in [5.41, 5.74) is 1.36. The molecule has 20 heavy (non-hydrogen) atoms. The predicted molar refractivity (Wildman–Crippen MR) is 78.4 cm³/mol. The monoisotopic (exact) mass is 292 g/mol. The number of rotatable bonds is 3. The van der Waals surface area contributed by atoms with Gasteiger partial charge in [0.25, 0.3) is 0 Å². The van der Waals surface area contributed by atoms with Gasteiger partial charge in [0.05, 0.1) is 16.8 Å². The number of halogens is 2. The Labute approximate surface area is 121 Å². The molecule has 0 aliphatic carbocycles. The molecule has 0 unspecified atom stereocenters. The summed E-state index contributed by atoms with van der Waals surface area (Å²) in [5, 5.41) is 5.90. The van der Waals surface area contributed by atoms with Crippen molar-refractivity contribution in [2.45, 2.75) is 13.0 Å². The van der Waals surface area contributed by atoms with Crippen molar-refractivity contribution in [3.8, 4) is 0 Å². The molecule has 0 fully saturated rings. The van der Waals surface area contributed by atoms with Crippen molar-refractivity contribution < 1.29 is 9.18 Å². The quantitative estimate of drug-likeness (QED) is 0.867. The summed E-state index contributed by atoms with van der Waals surface area (Å²) < 4.78 is 12.8. The van der Waals surface area contributed by atoms with Gasteiger partial charge in [0.2, 0.25) is 0 Å². The number of anilines is 1. The first-order valence-corrected chi connectivity index (χ1v) is 6.51. The fourth-order valence-electron chi connectivity index (χ4n) is 1.75. The van der Waals surface area contributed by atoms with E-state index < -0.39 is 0 Å². The Hall–Kier alpha value is -2.07. The van der Waals surface area contributed by atoms with Crippen LogP contribution in [-0.4, -0.2) is 6.03 Å². The number of carbonyl (C=O) groups is 1. The number of carbonyl (C=O) groups excluding carboxylic acids is 1. The molecule has 2 amide bonds. The Morgan fingerprint density at radius 2 is 1.80 bits per heavy atom. The molecule has 0 heterocycles. The van der Waals surface area contributed by atoms with Gasteiger partial charge in [-0.15, -0.1) is 0 Å². The molecule has 0 spiro atoms. The molecule has 2 N–H and O–H groups in total. The van der Waals surface area contributed by atoms with E-state index in [9.17, 15) is 9.18 Å². The Balaban J connectivity index is 1.98. The molecule has 0 aromatic heterocycles. The van der Waals surface area contributed by atoms with Gasteiger partial charge in [0.1, 0.15) is 5.82 Å². The van der Waals surface area contributed by atoms with Crippen molar-refractivity contribution in [3.63, 3.8) is 0 Å². The number of amides is 2. The van der Waals surface area contributed by atoms with Gasteiger partial charge in [0.15, 0.2) is 0 Å². The minimum Gasteiger partial charge on any atom is -0.331 e. The van der Waals surface area contributed by atoms with E-state index in [1.54, 1.807) is 36.4 Å². The predicted octanol–water partition coefficient (Wildman–Crippen LogP) is 4.36. The standard InChI is InChI=1S/C15H14ClFN2O/c1-10(11-6-8-12(17)9-7-11)18-15(20)19-14-5-3-2-4-13(14)16/h2-10H,1H3,(H2,18,19,20)/t10-/m0/s1. The average molecular weight is 293 g/mol. The van der Waals surface area contributed by atoms with E-state index in [0.717, 1.165) is 5.56 Å². The minimum atomic E-state index is -0.366. The summed E-state index contributed by atoms with van der Waals surface area (Å²) in [7, 11) is 0. The molecule has 2 aromatic rings. The fraction of sp³-hybridized carbons (Fsp3) is 0.133. The van der Waals surface area contributed by atoms with Crippen molar-refractivity contribution in [1.82, 2.24) is 5.32 Å². The van der Waals surface area contributed by atoms with Crippen molar-refractivity contribution in [3.05, 3.63) is 64.9 Å². The SMILES string of the molecule is C[C@H](NC(=O)Nc1ccccc1Cl)c1ccc(F)cc1. The van der Waals surface area contributed by atoms with Gasteiger partial charge in [-0.1, -0.05) is 35.9 Å². The van der Waals surface area contributed by atoms with E-state index >= 15 is 0 Å². The molecule has 1 atom stereocenters. The largest absolute Gasteiger partial charge is 0.331 e. The first-order valence-electron chi connectivity index (χ1n) is 6.14. The highest BCUT2D eigenvalue weighted by Crippen LogP contribution is 2.20. The van der Waals surface area contributed by atoms with Crippen LogP contribution in [0.25, 0.3) is 0 Å². The van der Waals surface area contributed by atoms with Gasteiger partial charge in [-0.3, -0.25) is 0 Å². The maximum atomic E-state index is 12.8. The van der Waals surface area contributed by atoms with Gasteiger partial charge >= 0.3 is 6.03 Å². The number of hydrogen-bond donors (Lipinski definition) is 2. The lowest BCUT2D eigenvalue weighted by atomic mass is 10.1. The molecule has 2 rings (SSSR count). The van der Waals surface area contributed by atoms with Crippen LogP contribution in [-0.2, 0) is 0 Å².